The number of benzene rings is 1. The minimum absolute atomic E-state index is 0.258. The average molecular weight is 235 g/mol. The van der Waals surface area contributed by atoms with Gasteiger partial charge in [-0.05, 0) is 43.9 Å². The molecular weight excluding hydrogens is 214 g/mol. The fourth-order valence-electron chi connectivity index (χ4n) is 2.27. The van der Waals surface area contributed by atoms with Gasteiger partial charge in [0.05, 0.1) is 0 Å². The van der Waals surface area contributed by atoms with Gasteiger partial charge in [0.15, 0.2) is 0 Å². The maximum atomic E-state index is 5.79. The Morgan fingerprint density at radius 2 is 1.88 bits per heavy atom. The molecule has 0 aliphatic heterocycles. The summed E-state index contributed by atoms with van der Waals surface area (Å²) in [7, 11) is 0. The monoisotopic (exact) mass is 235 g/mol. The minimum atomic E-state index is 0.258. The third-order valence-electron chi connectivity index (χ3n) is 3.09. The van der Waals surface area contributed by atoms with Crippen molar-refractivity contribution < 1.29 is 0 Å². The molecule has 2 heteroatoms. The molecule has 1 aliphatic carbocycles. The molecule has 1 aromatic carbocycles. The van der Waals surface area contributed by atoms with Crippen LogP contribution in [0.25, 0.3) is 0 Å². The van der Waals surface area contributed by atoms with Gasteiger partial charge in [0.2, 0.25) is 0 Å². The summed E-state index contributed by atoms with van der Waals surface area (Å²) < 4.78 is 0. The van der Waals surface area contributed by atoms with E-state index in [4.69, 9.17) is 5.73 Å². The molecular formula is C14H21NS. The van der Waals surface area contributed by atoms with E-state index < -0.39 is 0 Å². The number of hydrogen-bond acceptors (Lipinski definition) is 2. The molecule has 1 unspecified atom stereocenters. The standard InChI is InChI=1S/C14H21NS/c1-11(15)10-12-6-8-14(9-7-12)16-13-4-2-3-5-13/h6-9,11,13H,2-5,10,15H2,1H3. The first-order valence-electron chi connectivity index (χ1n) is 6.25. The van der Waals surface area contributed by atoms with Crippen LogP contribution in [0.2, 0.25) is 0 Å². The van der Waals surface area contributed by atoms with E-state index in [1.54, 1.807) is 0 Å². The molecule has 0 spiro atoms. The second-order valence-corrected chi connectivity index (χ2v) is 6.22. The summed E-state index contributed by atoms with van der Waals surface area (Å²) in [6.07, 6.45) is 6.60. The van der Waals surface area contributed by atoms with Crippen molar-refractivity contribution in [3.05, 3.63) is 29.8 Å². The van der Waals surface area contributed by atoms with Crippen LogP contribution in [0.5, 0.6) is 0 Å². The lowest BCUT2D eigenvalue weighted by Gasteiger charge is -2.10. The van der Waals surface area contributed by atoms with Crippen LogP contribution in [0.1, 0.15) is 38.2 Å². The topological polar surface area (TPSA) is 26.0 Å². The normalized spacial score (nSPS) is 18.9. The van der Waals surface area contributed by atoms with E-state index in [1.165, 1.54) is 36.1 Å². The van der Waals surface area contributed by atoms with Crippen molar-refractivity contribution >= 4 is 11.8 Å². The summed E-state index contributed by atoms with van der Waals surface area (Å²) in [6.45, 7) is 2.06. The number of hydrogen-bond donors (Lipinski definition) is 1. The van der Waals surface area contributed by atoms with E-state index in [-0.39, 0.29) is 6.04 Å². The second kappa shape index (κ2) is 5.74. The summed E-state index contributed by atoms with van der Waals surface area (Å²) in [6, 6.07) is 9.20. The predicted octanol–water partition coefficient (Wildman–Crippen LogP) is 3.61. The number of nitrogens with two attached hydrogens (primary N) is 1. The maximum Gasteiger partial charge on any atom is 0.00944 e. The highest BCUT2D eigenvalue weighted by Crippen LogP contribution is 2.34. The quantitative estimate of drug-likeness (QED) is 0.862. The maximum absolute atomic E-state index is 5.79. The molecule has 1 atom stereocenters. The molecule has 0 amide bonds. The SMILES string of the molecule is CC(N)Cc1ccc(SC2CCCC2)cc1. The van der Waals surface area contributed by atoms with Crippen LogP contribution in [0.15, 0.2) is 29.2 Å². The second-order valence-electron chi connectivity index (χ2n) is 4.85. The van der Waals surface area contributed by atoms with Crippen LogP contribution in [0.4, 0.5) is 0 Å². The molecule has 1 fully saturated rings. The first-order chi connectivity index (χ1) is 7.74. The van der Waals surface area contributed by atoms with Gasteiger partial charge < -0.3 is 5.73 Å². The van der Waals surface area contributed by atoms with E-state index in [9.17, 15) is 0 Å². The Balaban J connectivity index is 1.90. The molecule has 0 bridgehead atoms. The van der Waals surface area contributed by atoms with Crippen LogP contribution in [0, 0.1) is 0 Å². The van der Waals surface area contributed by atoms with Gasteiger partial charge in [0.25, 0.3) is 0 Å². The highest BCUT2D eigenvalue weighted by molar-refractivity contribution is 8.00. The van der Waals surface area contributed by atoms with Crippen LogP contribution in [-0.2, 0) is 6.42 Å². The Morgan fingerprint density at radius 3 is 2.44 bits per heavy atom. The highest BCUT2D eigenvalue weighted by atomic mass is 32.2. The van der Waals surface area contributed by atoms with Gasteiger partial charge in [-0.1, -0.05) is 25.0 Å². The van der Waals surface area contributed by atoms with E-state index in [1.807, 2.05) is 11.8 Å². The van der Waals surface area contributed by atoms with Crippen molar-refractivity contribution in [2.45, 2.75) is 55.2 Å². The first kappa shape index (κ1) is 12.0. The van der Waals surface area contributed by atoms with Crippen LogP contribution in [0.3, 0.4) is 0 Å². The largest absolute Gasteiger partial charge is 0.328 e. The van der Waals surface area contributed by atoms with Crippen molar-refractivity contribution in [1.82, 2.24) is 0 Å². The Bertz CT molecular complexity index is 312. The Kier molecular flexibility index (Phi) is 4.30. The molecule has 2 rings (SSSR count). The molecule has 88 valence electrons. The lowest BCUT2D eigenvalue weighted by Crippen LogP contribution is -2.17. The summed E-state index contributed by atoms with van der Waals surface area (Å²) >= 11 is 2.05. The van der Waals surface area contributed by atoms with Crippen LogP contribution >= 0.6 is 11.8 Å². The molecule has 1 nitrogen and oxygen atoms in total. The van der Waals surface area contributed by atoms with Gasteiger partial charge in [-0.2, -0.15) is 0 Å². The summed E-state index contributed by atoms with van der Waals surface area (Å²) in [5.74, 6) is 0. The van der Waals surface area contributed by atoms with Crippen molar-refractivity contribution in [3.8, 4) is 0 Å². The summed E-state index contributed by atoms with van der Waals surface area (Å²) in [5.41, 5.74) is 7.14. The molecule has 0 radical (unpaired) electrons. The number of rotatable bonds is 4. The highest BCUT2D eigenvalue weighted by Gasteiger charge is 2.15. The van der Waals surface area contributed by atoms with Crippen molar-refractivity contribution in [2.24, 2.45) is 5.73 Å². The fraction of sp³-hybridized carbons (Fsp3) is 0.571. The zero-order valence-corrected chi connectivity index (χ0v) is 10.8. The molecule has 1 aromatic rings. The summed E-state index contributed by atoms with van der Waals surface area (Å²) in [5, 5.41) is 0.860. The van der Waals surface area contributed by atoms with Gasteiger partial charge in [0.1, 0.15) is 0 Å². The van der Waals surface area contributed by atoms with E-state index in [0.717, 1.165) is 11.7 Å². The smallest absolute Gasteiger partial charge is 0.00944 e. The first-order valence-corrected chi connectivity index (χ1v) is 7.13. The third-order valence-corrected chi connectivity index (χ3v) is 4.44. The molecule has 1 aliphatic rings. The third kappa shape index (κ3) is 3.53. The molecule has 16 heavy (non-hydrogen) atoms. The van der Waals surface area contributed by atoms with Gasteiger partial charge >= 0.3 is 0 Å². The lowest BCUT2D eigenvalue weighted by atomic mass is 10.1. The van der Waals surface area contributed by atoms with Crippen molar-refractivity contribution in [3.63, 3.8) is 0 Å². The van der Waals surface area contributed by atoms with E-state index in [0.29, 0.717) is 0 Å². The Labute approximate surface area is 103 Å². The van der Waals surface area contributed by atoms with Gasteiger partial charge in [0, 0.05) is 16.2 Å². The lowest BCUT2D eigenvalue weighted by molar-refractivity contribution is 0.737. The van der Waals surface area contributed by atoms with Gasteiger partial charge in [-0.15, -0.1) is 11.8 Å². The fourth-order valence-corrected chi connectivity index (χ4v) is 3.52. The van der Waals surface area contributed by atoms with Crippen molar-refractivity contribution in [2.75, 3.05) is 0 Å². The molecule has 1 saturated carbocycles. The zero-order chi connectivity index (χ0) is 11.4. The van der Waals surface area contributed by atoms with Gasteiger partial charge in [-0.3, -0.25) is 0 Å². The van der Waals surface area contributed by atoms with Crippen molar-refractivity contribution in [1.29, 1.82) is 0 Å². The van der Waals surface area contributed by atoms with E-state index >= 15 is 0 Å². The van der Waals surface area contributed by atoms with Crippen LogP contribution < -0.4 is 5.73 Å². The van der Waals surface area contributed by atoms with E-state index in [2.05, 4.69) is 31.2 Å². The molecule has 0 heterocycles. The Morgan fingerprint density at radius 1 is 1.25 bits per heavy atom. The molecule has 0 saturated heterocycles. The zero-order valence-electron chi connectivity index (χ0n) is 9.99. The summed E-state index contributed by atoms with van der Waals surface area (Å²) in [4.78, 5) is 1.42. The van der Waals surface area contributed by atoms with Gasteiger partial charge in [-0.25, -0.2) is 0 Å². The number of thioether (sulfide) groups is 1. The van der Waals surface area contributed by atoms with Crippen LogP contribution in [-0.4, -0.2) is 11.3 Å². The average Bonchev–Trinajstić information content (AvgIpc) is 2.73. The molecule has 2 N–H and O–H groups in total. The Hall–Kier alpha value is -0.470. The predicted molar refractivity (Wildman–Crippen MR) is 71.9 cm³/mol. The minimum Gasteiger partial charge on any atom is -0.328 e. The molecule has 0 aromatic heterocycles.